The van der Waals surface area contributed by atoms with Gasteiger partial charge in [-0.2, -0.15) is 9.52 Å². The van der Waals surface area contributed by atoms with E-state index in [0.29, 0.717) is 0 Å². The number of benzene rings is 1. The van der Waals surface area contributed by atoms with Gasteiger partial charge in [-0.25, -0.2) is 0 Å². The van der Waals surface area contributed by atoms with E-state index in [9.17, 15) is 20.2 Å². The topological polar surface area (TPSA) is 102 Å². The summed E-state index contributed by atoms with van der Waals surface area (Å²) in [5, 5.41) is 26.2. The Balaban J connectivity index is 1.95. The Kier molecular flexibility index (Phi) is 3.80. The zero-order valence-electron chi connectivity index (χ0n) is 11.5. The van der Waals surface area contributed by atoms with E-state index in [1.54, 1.807) is 6.21 Å². The molecule has 1 aromatic rings. The Hall–Kier alpha value is -2.42. The monoisotopic (exact) mass is 320 g/mol. The smallest absolute Gasteiger partial charge is 0.258 e. The first-order valence-corrected chi connectivity index (χ1v) is 7.50. The van der Waals surface area contributed by atoms with Crippen molar-refractivity contribution in [2.24, 2.45) is 5.10 Å². The maximum absolute atomic E-state index is 11.2. The fourth-order valence-electron chi connectivity index (χ4n) is 2.44. The van der Waals surface area contributed by atoms with Gasteiger partial charge in [-0.3, -0.25) is 20.2 Å². The molecule has 0 spiro atoms. The van der Waals surface area contributed by atoms with Gasteiger partial charge in [0.05, 0.1) is 22.1 Å². The number of hydrogen-bond acceptors (Lipinski definition) is 7. The predicted octanol–water partition coefficient (Wildman–Crippen LogP) is 3.79. The Labute approximate surface area is 129 Å². The van der Waals surface area contributed by atoms with E-state index in [4.69, 9.17) is 0 Å². The van der Waals surface area contributed by atoms with Crippen molar-refractivity contribution in [2.75, 3.05) is 4.41 Å². The van der Waals surface area contributed by atoms with Gasteiger partial charge in [-0.15, -0.1) is 0 Å². The lowest BCUT2D eigenvalue weighted by Gasteiger charge is -2.26. The number of non-ortho nitro benzene ring substituents is 1. The number of nitro groups is 2. The molecule has 0 aromatic heterocycles. The Morgan fingerprint density at radius 3 is 2.64 bits per heavy atom. The quantitative estimate of drug-likeness (QED) is 0.477. The normalized spacial score (nSPS) is 17.4. The van der Waals surface area contributed by atoms with Crippen molar-refractivity contribution in [1.82, 2.24) is 0 Å². The number of allylic oxidation sites excluding steroid dienone is 2. The second-order valence-corrected chi connectivity index (χ2v) is 5.97. The second kappa shape index (κ2) is 5.76. The van der Waals surface area contributed by atoms with Gasteiger partial charge in [-0.1, -0.05) is 0 Å². The van der Waals surface area contributed by atoms with E-state index >= 15 is 0 Å². The first-order valence-electron chi connectivity index (χ1n) is 6.73. The van der Waals surface area contributed by atoms with Crippen LogP contribution in [0, 0.1) is 20.2 Å². The molecule has 0 bridgehead atoms. The molecule has 0 atom stereocenters. The molecule has 3 rings (SSSR count). The number of anilines is 1. The highest BCUT2D eigenvalue weighted by atomic mass is 32.2. The van der Waals surface area contributed by atoms with Crippen LogP contribution in [0.15, 0.2) is 33.8 Å². The molecule has 9 heteroatoms. The summed E-state index contributed by atoms with van der Waals surface area (Å²) in [7, 11) is 0. The molecule has 1 aromatic carbocycles. The van der Waals surface area contributed by atoms with Crippen molar-refractivity contribution >= 4 is 35.2 Å². The summed E-state index contributed by atoms with van der Waals surface area (Å²) in [4.78, 5) is 21.9. The Bertz CT molecular complexity index is 716. The minimum absolute atomic E-state index is 0.244. The molecule has 1 aliphatic heterocycles. The van der Waals surface area contributed by atoms with Crippen molar-refractivity contribution in [2.45, 2.75) is 25.7 Å². The first kappa shape index (κ1) is 14.5. The summed E-state index contributed by atoms with van der Waals surface area (Å²) in [6.07, 6.45) is 5.86. The third-order valence-electron chi connectivity index (χ3n) is 3.55. The van der Waals surface area contributed by atoms with Crippen LogP contribution < -0.4 is 4.41 Å². The van der Waals surface area contributed by atoms with E-state index in [1.807, 2.05) is 0 Å². The molecule has 1 aliphatic carbocycles. The number of hydrazone groups is 1. The molecule has 0 fully saturated rings. The largest absolute Gasteiger partial charge is 0.302 e. The van der Waals surface area contributed by atoms with Crippen LogP contribution in [0.2, 0.25) is 0 Å². The summed E-state index contributed by atoms with van der Waals surface area (Å²) >= 11 is 1.36. The molecule has 0 unspecified atom stereocenters. The third-order valence-corrected chi connectivity index (χ3v) is 4.70. The fraction of sp³-hybridized carbons (Fsp3) is 0.308. The van der Waals surface area contributed by atoms with Crippen LogP contribution in [0.3, 0.4) is 0 Å². The molecule has 0 radical (unpaired) electrons. The van der Waals surface area contributed by atoms with Crippen molar-refractivity contribution in [1.29, 1.82) is 0 Å². The van der Waals surface area contributed by atoms with Crippen LogP contribution in [0.25, 0.3) is 0 Å². The molecule has 0 N–H and O–H groups in total. The van der Waals surface area contributed by atoms with E-state index in [1.165, 1.54) is 34.1 Å². The molecule has 0 saturated carbocycles. The van der Waals surface area contributed by atoms with Gasteiger partial charge in [0, 0.05) is 22.9 Å². The van der Waals surface area contributed by atoms with Gasteiger partial charge in [0.2, 0.25) is 0 Å². The second-order valence-electron chi connectivity index (χ2n) is 4.95. The van der Waals surface area contributed by atoms with Gasteiger partial charge >= 0.3 is 5.69 Å². The lowest BCUT2D eigenvalue weighted by atomic mass is 10.0. The average Bonchev–Trinajstić information content (AvgIpc) is 2.53. The lowest BCUT2D eigenvalue weighted by molar-refractivity contribution is -0.393. The number of rotatable bonds is 3. The van der Waals surface area contributed by atoms with Crippen molar-refractivity contribution < 1.29 is 9.85 Å². The first-order chi connectivity index (χ1) is 10.6. The highest BCUT2D eigenvalue weighted by Crippen LogP contribution is 2.43. The van der Waals surface area contributed by atoms with Crippen LogP contribution in [0.5, 0.6) is 0 Å². The van der Waals surface area contributed by atoms with Crippen LogP contribution >= 0.6 is 11.9 Å². The summed E-state index contributed by atoms with van der Waals surface area (Å²) in [5.74, 6) is 0. The van der Waals surface area contributed by atoms with E-state index in [2.05, 4.69) is 5.10 Å². The van der Waals surface area contributed by atoms with Crippen molar-refractivity contribution in [3.63, 3.8) is 0 Å². The maximum atomic E-state index is 11.2. The highest BCUT2D eigenvalue weighted by molar-refractivity contribution is 8.04. The molecular weight excluding hydrogens is 308 g/mol. The molecule has 22 heavy (non-hydrogen) atoms. The van der Waals surface area contributed by atoms with Crippen molar-refractivity contribution in [3.05, 3.63) is 48.9 Å². The van der Waals surface area contributed by atoms with Gasteiger partial charge in [0.15, 0.2) is 5.69 Å². The molecular formula is C13H12N4O4S. The Morgan fingerprint density at radius 1 is 1.14 bits per heavy atom. The minimum atomic E-state index is -0.648. The van der Waals surface area contributed by atoms with Crippen LogP contribution in [-0.4, -0.2) is 16.1 Å². The zero-order valence-corrected chi connectivity index (χ0v) is 12.3. The molecule has 114 valence electrons. The summed E-state index contributed by atoms with van der Waals surface area (Å²) in [6, 6.07) is 3.59. The number of nitro benzene ring substituents is 2. The van der Waals surface area contributed by atoms with Gasteiger partial charge in [0.25, 0.3) is 5.69 Å². The molecule has 2 aliphatic rings. The van der Waals surface area contributed by atoms with E-state index in [-0.39, 0.29) is 17.1 Å². The van der Waals surface area contributed by atoms with E-state index in [0.717, 1.165) is 36.7 Å². The van der Waals surface area contributed by atoms with Gasteiger partial charge in [0.1, 0.15) is 0 Å². The van der Waals surface area contributed by atoms with Gasteiger partial charge in [-0.05, 0) is 37.3 Å². The summed E-state index contributed by atoms with van der Waals surface area (Å²) in [6.45, 7) is 0. The maximum Gasteiger partial charge on any atom is 0.302 e. The van der Waals surface area contributed by atoms with E-state index < -0.39 is 9.85 Å². The van der Waals surface area contributed by atoms with Crippen LogP contribution in [-0.2, 0) is 0 Å². The van der Waals surface area contributed by atoms with Crippen LogP contribution in [0.1, 0.15) is 25.7 Å². The van der Waals surface area contributed by atoms with Gasteiger partial charge < -0.3 is 0 Å². The van der Waals surface area contributed by atoms with Crippen molar-refractivity contribution in [3.8, 4) is 0 Å². The SMILES string of the molecule is O=[N+]([O-])c1ccc(N2N=CC3=C(CCCC3)S2)c([N+](=O)[O-])c1. The average molecular weight is 320 g/mol. The highest BCUT2D eigenvalue weighted by Gasteiger charge is 2.27. The molecule has 0 saturated heterocycles. The zero-order chi connectivity index (χ0) is 15.7. The fourth-order valence-corrected chi connectivity index (χ4v) is 3.50. The summed E-state index contributed by atoms with van der Waals surface area (Å²) < 4.78 is 1.46. The number of hydrogen-bond donors (Lipinski definition) is 0. The predicted molar refractivity (Wildman–Crippen MR) is 83.8 cm³/mol. The lowest BCUT2D eigenvalue weighted by Crippen LogP contribution is -2.16. The van der Waals surface area contributed by atoms with Crippen LogP contribution in [0.4, 0.5) is 17.1 Å². The standard InChI is InChI=1S/C13H12N4O4S/c18-16(19)10-5-6-11(12(7-10)17(20)21)15-14-8-9-3-1-2-4-13(9)22-15/h5-8H,1-4H2. The third kappa shape index (κ3) is 2.67. The Morgan fingerprint density at radius 2 is 1.91 bits per heavy atom. The molecule has 1 heterocycles. The summed E-state index contributed by atoms with van der Waals surface area (Å²) in [5.41, 5.74) is 0.795. The minimum Gasteiger partial charge on any atom is -0.258 e. The molecule has 8 nitrogen and oxygen atoms in total. The molecule has 0 amide bonds. The number of nitrogens with zero attached hydrogens (tertiary/aromatic N) is 4.